The van der Waals surface area contributed by atoms with Gasteiger partial charge >= 0.3 is 0 Å². The minimum Gasteiger partial charge on any atom is -0.372 e. The Hall–Kier alpha value is -1.09. The highest BCUT2D eigenvalue weighted by atomic mass is 19.1. The van der Waals surface area contributed by atoms with Crippen LogP contribution in [-0.2, 0) is 6.54 Å². The Morgan fingerprint density at radius 3 is 2.53 bits per heavy atom. The third-order valence-electron chi connectivity index (χ3n) is 3.23. The Morgan fingerprint density at radius 2 is 1.89 bits per heavy atom. The van der Waals surface area contributed by atoms with Gasteiger partial charge in [0.2, 0.25) is 0 Å². The summed E-state index contributed by atoms with van der Waals surface area (Å²) in [6, 6.07) is 5.37. The average Bonchev–Trinajstić information content (AvgIpc) is 2.39. The molecule has 19 heavy (non-hydrogen) atoms. The summed E-state index contributed by atoms with van der Waals surface area (Å²) >= 11 is 0. The predicted octanol–water partition coefficient (Wildman–Crippen LogP) is 3.95. The quantitative estimate of drug-likeness (QED) is 0.681. The monoisotopic (exact) mass is 266 g/mol. The summed E-state index contributed by atoms with van der Waals surface area (Å²) in [6.07, 6.45) is 3.41. The highest BCUT2D eigenvalue weighted by molar-refractivity contribution is 5.49. The highest BCUT2D eigenvalue weighted by Crippen LogP contribution is 2.19. The van der Waals surface area contributed by atoms with Gasteiger partial charge in [0, 0.05) is 25.3 Å². The summed E-state index contributed by atoms with van der Waals surface area (Å²) in [5.41, 5.74) is 2.03. The molecule has 1 aromatic rings. The fourth-order valence-corrected chi connectivity index (χ4v) is 2.15. The largest absolute Gasteiger partial charge is 0.372 e. The molecule has 0 spiro atoms. The van der Waals surface area contributed by atoms with Crippen LogP contribution >= 0.6 is 0 Å². The zero-order valence-electron chi connectivity index (χ0n) is 12.5. The number of rotatable bonds is 9. The lowest BCUT2D eigenvalue weighted by Gasteiger charge is -2.23. The van der Waals surface area contributed by atoms with Gasteiger partial charge in [-0.25, -0.2) is 4.39 Å². The minimum absolute atomic E-state index is 0.138. The molecule has 0 saturated heterocycles. The maximum absolute atomic E-state index is 13.7. The SMILES string of the molecule is CCCCN(CC)c1cc(F)cc(CNCCC)c1. The number of halogens is 1. The lowest BCUT2D eigenvalue weighted by molar-refractivity contribution is 0.617. The molecule has 1 rings (SSSR count). The molecule has 0 heterocycles. The van der Waals surface area contributed by atoms with Crippen molar-refractivity contribution >= 4 is 5.69 Å². The molecule has 2 nitrogen and oxygen atoms in total. The predicted molar refractivity (Wildman–Crippen MR) is 81.2 cm³/mol. The molecule has 1 aromatic carbocycles. The van der Waals surface area contributed by atoms with Crippen LogP contribution in [0.1, 0.15) is 45.6 Å². The van der Waals surface area contributed by atoms with Gasteiger partial charge in [-0.2, -0.15) is 0 Å². The highest BCUT2D eigenvalue weighted by Gasteiger charge is 2.07. The van der Waals surface area contributed by atoms with E-state index in [2.05, 4.69) is 37.1 Å². The van der Waals surface area contributed by atoms with Gasteiger partial charge in [0.05, 0.1) is 0 Å². The summed E-state index contributed by atoms with van der Waals surface area (Å²) in [7, 11) is 0. The summed E-state index contributed by atoms with van der Waals surface area (Å²) in [5, 5.41) is 3.32. The Kier molecular flexibility index (Phi) is 7.49. The van der Waals surface area contributed by atoms with Crippen LogP contribution in [0.5, 0.6) is 0 Å². The van der Waals surface area contributed by atoms with Gasteiger partial charge in [0.25, 0.3) is 0 Å². The average molecular weight is 266 g/mol. The summed E-state index contributed by atoms with van der Waals surface area (Å²) in [4.78, 5) is 2.25. The third kappa shape index (κ3) is 5.60. The van der Waals surface area contributed by atoms with Crippen molar-refractivity contribution in [2.75, 3.05) is 24.5 Å². The van der Waals surface area contributed by atoms with Crippen LogP contribution in [0.25, 0.3) is 0 Å². The number of nitrogens with one attached hydrogen (secondary N) is 1. The molecule has 108 valence electrons. The van der Waals surface area contributed by atoms with Crippen molar-refractivity contribution in [3.05, 3.63) is 29.6 Å². The van der Waals surface area contributed by atoms with Crippen molar-refractivity contribution in [1.29, 1.82) is 0 Å². The van der Waals surface area contributed by atoms with Crippen molar-refractivity contribution in [3.63, 3.8) is 0 Å². The summed E-state index contributed by atoms with van der Waals surface area (Å²) in [6.45, 7) is 10.1. The van der Waals surface area contributed by atoms with Gasteiger partial charge in [0.1, 0.15) is 5.82 Å². The number of anilines is 1. The fraction of sp³-hybridized carbons (Fsp3) is 0.625. The van der Waals surface area contributed by atoms with E-state index >= 15 is 0 Å². The second kappa shape index (κ2) is 8.92. The molecule has 0 aliphatic heterocycles. The first-order valence-corrected chi connectivity index (χ1v) is 7.46. The first-order valence-electron chi connectivity index (χ1n) is 7.46. The lowest BCUT2D eigenvalue weighted by atomic mass is 10.1. The smallest absolute Gasteiger partial charge is 0.125 e. The molecule has 0 saturated carbocycles. The second-order valence-electron chi connectivity index (χ2n) is 4.93. The van der Waals surface area contributed by atoms with E-state index in [1.54, 1.807) is 12.1 Å². The number of unbranched alkanes of at least 4 members (excludes halogenated alkanes) is 1. The zero-order chi connectivity index (χ0) is 14.1. The standard InChI is InChI=1S/C16H27FN2/c1-4-7-9-19(6-3)16-11-14(10-15(17)12-16)13-18-8-5-2/h10-12,18H,4-9,13H2,1-3H3. The molecule has 3 heteroatoms. The van der Waals surface area contributed by atoms with E-state index in [0.29, 0.717) is 0 Å². The maximum atomic E-state index is 13.7. The van der Waals surface area contributed by atoms with Gasteiger partial charge in [0.15, 0.2) is 0 Å². The first-order chi connectivity index (χ1) is 9.21. The van der Waals surface area contributed by atoms with Crippen LogP contribution in [0.15, 0.2) is 18.2 Å². The molecule has 0 fully saturated rings. The van der Waals surface area contributed by atoms with Crippen LogP contribution in [0.3, 0.4) is 0 Å². The van der Waals surface area contributed by atoms with Gasteiger partial charge in [-0.1, -0.05) is 20.3 Å². The van der Waals surface area contributed by atoms with Gasteiger partial charge in [-0.15, -0.1) is 0 Å². The van der Waals surface area contributed by atoms with Crippen molar-refractivity contribution in [2.24, 2.45) is 0 Å². The van der Waals surface area contributed by atoms with Crippen LogP contribution in [-0.4, -0.2) is 19.6 Å². The molecule has 0 unspecified atom stereocenters. The molecular formula is C16H27FN2. The van der Waals surface area contributed by atoms with Crippen LogP contribution in [0.2, 0.25) is 0 Å². The third-order valence-corrected chi connectivity index (χ3v) is 3.23. The lowest BCUT2D eigenvalue weighted by Crippen LogP contribution is -2.24. The number of nitrogens with zero attached hydrogens (tertiary/aromatic N) is 1. The molecule has 0 aliphatic rings. The van der Waals surface area contributed by atoms with E-state index < -0.39 is 0 Å². The van der Waals surface area contributed by atoms with Crippen molar-refractivity contribution in [2.45, 2.75) is 46.6 Å². The topological polar surface area (TPSA) is 15.3 Å². The van der Waals surface area contributed by atoms with Crippen LogP contribution in [0.4, 0.5) is 10.1 Å². The van der Waals surface area contributed by atoms with Gasteiger partial charge in [-0.05, 0) is 50.1 Å². The molecule has 0 amide bonds. The van der Waals surface area contributed by atoms with Crippen molar-refractivity contribution in [1.82, 2.24) is 5.32 Å². The summed E-state index contributed by atoms with van der Waals surface area (Å²) < 4.78 is 13.7. The van der Waals surface area contributed by atoms with E-state index in [1.165, 1.54) is 0 Å². The van der Waals surface area contributed by atoms with Crippen LogP contribution < -0.4 is 10.2 Å². The van der Waals surface area contributed by atoms with E-state index in [4.69, 9.17) is 0 Å². The Bertz CT molecular complexity index is 366. The number of hydrogen-bond acceptors (Lipinski definition) is 2. The van der Waals surface area contributed by atoms with Crippen LogP contribution in [0, 0.1) is 5.82 Å². The summed E-state index contributed by atoms with van der Waals surface area (Å²) in [5.74, 6) is -0.138. The molecule has 0 atom stereocenters. The van der Waals surface area contributed by atoms with Gasteiger partial charge < -0.3 is 10.2 Å². The fourth-order valence-electron chi connectivity index (χ4n) is 2.15. The van der Waals surface area contributed by atoms with E-state index in [9.17, 15) is 4.39 Å². The first kappa shape index (κ1) is 16.0. The minimum atomic E-state index is -0.138. The van der Waals surface area contributed by atoms with E-state index in [1.807, 2.05) is 0 Å². The number of hydrogen-bond donors (Lipinski definition) is 1. The Morgan fingerprint density at radius 1 is 1.11 bits per heavy atom. The molecule has 0 aliphatic carbocycles. The van der Waals surface area contributed by atoms with Crippen molar-refractivity contribution in [3.8, 4) is 0 Å². The zero-order valence-corrected chi connectivity index (χ0v) is 12.5. The number of benzene rings is 1. The van der Waals surface area contributed by atoms with Gasteiger partial charge in [-0.3, -0.25) is 0 Å². The Balaban J connectivity index is 2.75. The van der Waals surface area contributed by atoms with E-state index in [-0.39, 0.29) is 5.82 Å². The normalized spacial score (nSPS) is 10.7. The Labute approximate surface area is 117 Å². The molecule has 1 N–H and O–H groups in total. The molecule has 0 bridgehead atoms. The molecule has 0 radical (unpaired) electrons. The van der Waals surface area contributed by atoms with Crippen molar-refractivity contribution < 1.29 is 4.39 Å². The maximum Gasteiger partial charge on any atom is 0.125 e. The molecule has 0 aromatic heterocycles. The molecular weight excluding hydrogens is 239 g/mol. The second-order valence-corrected chi connectivity index (χ2v) is 4.93. The van der Waals surface area contributed by atoms with E-state index in [0.717, 1.165) is 56.7 Å².